The quantitative estimate of drug-likeness (QED) is 0.0507. The van der Waals surface area contributed by atoms with Crippen LogP contribution >= 0.6 is 81.8 Å². The highest BCUT2D eigenvalue weighted by molar-refractivity contribution is 9.13. The highest BCUT2D eigenvalue weighted by Crippen LogP contribution is 2.34. The topological polar surface area (TPSA) is 339 Å². The first-order valence-corrected chi connectivity index (χ1v) is 51.0. The van der Waals surface area contributed by atoms with Gasteiger partial charge in [0.1, 0.15) is 77.4 Å². The summed E-state index contributed by atoms with van der Waals surface area (Å²) in [5.41, 5.74) is 3.70. The van der Waals surface area contributed by atoms with Crippen molar-refractivity contribution >= 4 is 140 Å². The SMILES string of the molecule is N#Cc1ccc(Cn2cnc(N3CCN(c4ccc(F)cc4)CC3)nc2=O)s1.O=c1nc(N2CCN(c3ccc(F)cc3)CC2)ncn1Cc1cc(Br)c(Br)s1.O=c1nc(N2CCN(c3ccc(F)cc3)CC2)ncn1Cc1ccc(Br)s1.O=c1nc(N2CCN(c3ccc(F)cc3)CC2)ncn1Cc1cccc(OCC(F)(F)F)c1.O=c1nc(N2CCN(c3ccc(F)cc3)CC2)ncn1Cc1cnc(OCC(F)(F)F)cn1. The number of hydrogen-bond acceptors (Lipinski definition) is 33. The molecule has 0 N–H and O–H groups in total. The lowest BCUT2D eigenvalue weighted by molar-refractivity contribution is -0.154. The fraction of sp³-hybridized carbons (Fsp3) is 0.299. The summed E-state index contributed by atoms with van der Waals surface area (Å²) in [6.45, 7) is 12.2. The number of thiophene rings is 3. The van der Waals surface area contributed by atoms with Gasteiger partial charge in [0.15, 0.2) is 13.2 Å². The smallest absolute Gasteiger partial charge is 0.422 e. The number of nitriles is 1. The molecule has 15 aromatic rings. The van der Waals surface area contributed by atoms with Gasteiger partial charge < -0.3 is 58.5 Å². The summed E-state index contributed by atoms with van der Waals surface area (Å²) in [7, 11) is 0. The largest absolute Gasteiger partial charge is 0.484 e. The van der Waals surface area contributed by atoms with Gasteiger partial charge in [0.25, 0.3) is 0 Å². The molecule has 0 unspecified atom stereocenters. The van der Waals surface area contributed by atoms with Crippen molar-refractivity contribution in [1.29, 1.82) is 5.26 Å². The Morgan fingerprint density at radius 3 is 0.919 bits per heavy atom. The minimum atomic E-state index is -4.47. The summed E-state index contributed by atoms with van der Waals surface area (Å²) in [4.78, 5) is 136. The third-order valence-corrected chi connectivity index (χ3v) is 29.5. The summed E-state index contributed by atoms with van der Waals surface area (Å²) in [6, 6.07) is 49.7. The molecule has 0 atom stereocenters. The Morgan fingerprint density at radius 1 is 0.322 bits per heavy atom. The van der Waals surface area contributed by atoms with Crippen molar-refractivity contribution in [2.75, 3.05) is 193 Å². The van der Waals surface area contributed by atoms with Gasteiger partial charge in [-0.05, 0) is 217 Å². The van der Waals surface area contributed by atoms with Crippen LogP contribution in [0.15, 0.2) is 256 Å². The van der Waals surface area contributed by atoms with E-state index in [-0.39, 0.29) is 70.9 Å². The predicted octanol–water partition coefficient (Wildman–Crippen LogP) is 13.8. The number of halogens is 14. The van der Waals surface area contributed by atoms with E-state index in [9.17, 15) is 72.3 Å². The molecular formula is C97H90Br3F11N28O7S3. The predicted molar refractivity (Wildman–Crippen MR) is 553 cm³/mol. The van der Waals surface area contributed by atoms with Crippen LogP contribution in [0.4, 0.5) is 106 Å². The van der Waals surface area contributed by atoms with Crippen LogP contribution in [0, 0.1) is 40.4 Å². The average Bonchev–Trinajstić information content (AvgIpc) is 1.60. The maximum atomic E-state index is 13.1. The highest BCUT2D eigenvalue weighted by Gasteiger charge is 2.32. The van der Waals surface area contributed by atoms with Crippen LogP contribution in [0.3, 0.4) is 0 Å². The van der Waals surface area contributed by atoms with Crippen LogP contribution < -0.4 is 86.9 Å². The average molecular weight is 2300 g/mol. The Kier molecular flexibility index (Phi) is 35.8. The molecule has 149 heavy (non-hydrogen) atoms. The molecule has 0 radical (unpaired) electrons. The van der Waals surface area contributed by atoms with E-state index in [1.54, 1.807) is 114 Å². The van der Waals surface area contributed by atoms with Gasteiger partial charge in [0.05, 0.1) is 58.4 Å². The van der Waals surface area contributed by atoms with E-state index < -0.39 is 36.9 Å². The number of anilines is 10. The maximum absolute atomic E-state index is 13.1. The zero-order valence-corrected chi connectivity index (χ0v) is 86.0. The lowest BCUT2D eigenvalue weighted by Gasteiger charge is -2.36. The van der Waals surface area contributed by atoms with Gasteiger partial charge in [-0.2, -0.15) is 56.5 Å². The normalized spacial score (nSPS) is 14.4. The summed E-state index contributed by atoms with van der Waals surface area (Å²) >= 11 is 14.8. The third kappa shape index (κ3) is 30.5. The van der Waals surface area contributed by atoms with Crippen LogP contribution in [-0.4, -0.2) is 239 Å². The molecule has 5 fully saturated rings. The zero-order valence-electron chi connectivity index (χ0n) is 78.8. The summed E-state index contributed by atoms with van der Waals surface area (Å²) in [5, 5.41) is 8.90. The maximum Gasteiger partial charge on any atom is 0.422 e. The minimum absolute atomic E-state index is 0.00398. The van der Waals surface area contributed by atoms with Crippen molar-refractivity contribution in [1.82, 2.24) is 82.6 Å². The van der Waals surface area contributed by atoms with E-state index in [4.69, 9.17) is 10.00 Å². The molecule has 52 heteroatoms. The van der Waals surface area contributed by atoms with Crippen LogP contribution in [0.2, 0.25) is 0 Å². The highest BCUT2D eigenvalue weighted by atomic mass is 79.9. The minimum Gasteiger partial charge on any atom is -0.484 e. The number of alkyl halides is 6. The molecule has 9 aromatic heterocycles. The fourth-order valence-corrected chi connectivity index (χ4v) is 20.5. The fourth-order valence-electron chi connectivity index (χ4n) is 16.0. The molecule has 0 spiro atoms. The Bertz CT molecular complexity index is 7350. The van der Waals surface area contributed by atoms with Crippen LogP contribution in [0.25, 0.3) is 0 Å². The second kappa shape index (κ2) is 49.9. The lowest BCUT2D eigenvalue weighted by Crippen LogP contribution is -2.47. The van der Waals surface area contributed by atoms with E-state index in [1.165, 1.54) is 132 Å². The molecule has 0 saturated carbocycles. The van der Waals surface area contributed by atoms with Gasteiger partial charge in [0, 0.05) is 178 Å². The Hall–Kier alpha value is -14.7. The number of rotatable bonds is 24. The van der Waals surface area contributed by atoms with Gasteiger partial charge in [-0.25, -0.2) is 75.8 Å². The Balaban J connectivity index is 0.000000133. The Morgan fingerprint density at radius 2 is 0.631 bits per heavy atom. The number of hydrogen-bond donors (Lipinski definition) is 0. The summed E-state index contributed by atoms with van der Waals surface area (Å²) in [6.07, 6.45) is 0.711. The van der Waals surface area contributed by atoms with Crippen molar-refractivity contribution < 1.29 is 57.8 Å². The molecule has 5 saturated heterocycles. The first kappa shape index (κ1) is 107. The van der Waals surface area contributed by atoms with Crippen molar-refractivity contribution in [2.45, 2.75) is 45.1 Å². The number of aromatic nitrogens is 17. The second-order valence-electron chi connectivity index (χ2n) is 33.8. The third-order valence-electron chi connectivity index (χ3n) is 23.7. The van der Waals surface area contributed by atoms with Crippen LogP contribution in [0.5, 0.6) is 11.6 Å². The molecule has 0 aliphatic carbocycles. The molecule has 0 bridgehead atoms. The molecule has 0 amide bonds. The number of piperazine rings is 5. The van der Waals surface area contributed by atoms with Crippen molar-refractivity contribution in [3.05, 3.63) is 344 Å². The van der Waals surface area contributed by atoms with Crippen LogP contribution in [0.1, 0.15) is 30.8 Å². The second-order valence-corrected chi connectivity index (χ2v) is 40.8. The standard InChI is InChI=1S/C22H21F4N5O2.C20H19F4N7O2.C19H17FN6OS.C18H16Br2FN5OS.C18H17BrFN5OS/c23-17-4-6-18(7-5-17)29-8-10-30(11-9-29)20-27-15-31(21(32)28-20)13-16-2-1-3-19(12-16)33-14-22(24,25)26;21-14-1-3-16(4-2-14)29-5-7-30(8-6-29)18-27-13-31(19(32)28-18)11-15-9-26-17(10-25-15)33-12-20(22,23)24;20-14-1-3-15(4-2-14)24-7-9-25(10-8-24)18-22-13-26(19(27)23-18)12-17-6-5-16(11-21)28-17;19-15-9-14(28-16(15)20)10-26-11-22-17(23-18(26)27)25-7-5-24(6-8-25)13-3-1-12(21)2-4-13;19-16-6-5-15(27-16)11-25-12-21-17(22-18(25)26)24-9-7-23(8-10-24)14-3-1-13(20)2-4-14/h1-7,12,15H,8-11,13-14H2;1-4,9-10,13H,5-8,11-12H2;1-6,13H,7-10,12H2;1-4,9,11H,5-8,10H2;1-6,12H,7-11H2. The van der Waals surface area contributed by atoms with Gasteiger partial charge in [-0.15, -0.1) is 34.0 Å². The summed E-state index contributed by atoms with van der Waals surface area (Å²) in [5.74, 6) is 0.455. The number of nitrogens with zero attached hydrogens (tertiary/aromatic N) is 28. The molecule has 6 aromatic carbocycles. The molecule has 20 rings (SSSR count). The Labute approximate surface area is 879 Å². The molecule has 35 nitrogen and oxygen atoms in total. The van der Waals surface area contributed by atoms with Crippen molar-refractivity contribution in [3.8, 4) is 17.7 Å². The molecule has 14 heterocycles. The van der Waals surface area contributed by atoms with Crippen molar-refractivity contribution in [3.63, 3.8) is 0 Å². The first-order valence-electron chi connectivity index (χ1n) is 46.1. The van der Waals surface area contributed by atoms with E-state index in [0.29, 0.717) is 157 Å². The zero-order chi connectivity index (χ0) is 105. The van der Waals surface area contributed by atoms with E-state index in [2.05, 4.69) is 143 Å². The monoisotopic (exact) mass is 2300 g/mol. The number of ether oxygens (including phenoxy) is 2. The number of benzene rings is 6. The van der Waals surface area contributed by atoms with E-state index in [1.807, 2.05) is 48.8 Å². The van der Waals surface area contributed by atoms with Crippen LogP contribution in [-0.2, 0) is 32.7 Å². The van der Waals surface area contributed by atoms with Gasteiger partial charge in [-0.1, -0.05) is 12.1 Å². The van der Waals surface area contributed by atoms with E-state index in [0.717, 1.165) is 101 Å². The molecule has 776 valence electrons. The first-order chi connectivity index (χ1) is 71.7. The van der Waals surface area contributed by atoms with Gasteiger partial charge in [-0.3, -0.25) is 27.8 Å². The molecule has 5 aliphatic heterocycles. The summed E-state index contributed by atoms with van der Waals surface area (Å²) < 4.78 is 158. The molecular weight excluding hydrogens is 2210 g/mol. The lowest BCUT2D eigenvalue weighted by atomic mass is 10.2. The van der Waals surface area contributed by atoms with Gasteiger partial charge in [0.2, 0.25) is 35.6 Å². The van der Waals surface area contributed by atoms with Crippen molar-refractivity contribution in [2.24, 2.45) is 0 Å². The molecule has 5 aliphatic rings. The van der Waals surface area contributed by atoms with Gasteiger partial charge >= 0.3 is 40.8 Å². The van der Waals surface area contributed by atoms with E-state index >= 15 is 0 Å².